The van der Waals surface area contributed by atoms with Crippen molar-refractivity contribution in [1.29, 1.82) is 0 Å². The molecule has 2 heterocycles. The number of pyridine rings is 1. The topological polar surface area (TPSA) is 45.2 Å². The van der Waals surface area contributed by atoms with Crippen molar-refractivity contribution in [1.82, 2.24) is 4.98 Å². The molecular formula is C22H20ClN3O. The van der Waals surface area contributed by atoms with Crippen molar-refractivity contribution in [3.05, 3.63) is 88.2 Å². The highest BCUT2D eigenvalue weighted by atomic mass is 35.5. The van der Waals surface area contributed by atoms with Crippen molar-refractivity contribution in [3.63, 3.8) is 0 Å². The molecule has 136 valence electrons. The second-order valence-electron chi connectivity index (χ2n) is 6.71. The van der Waals surface area contributed by atoms with Crippen LogP contribution in [0.1, 0.15) is 27.2 Å². The monoisotopic (exact) mass is 377 g/mol. The van der Waals surface area contributed by atoms with E-state index < -0.39 is 0 Å². The number of aromatic nitrogens is 1. The van der Waals surface area contributed by atoms with Crippen LogP contribution in [-0.4, -0.2) is 17.4 Å². The molecule has 1 amide bonds. The lowest BCUT2D eigenvalue weighted by Gasteiger charge is -2.30. The number of rotatable bonds is 3. The zero-order valence-electron chi connectivity index (χ0n) is 15.1. The van der Waals surface area contributed by atoms with E-state index in [1.165, 1.54) is 11.1 Å². The number of amides is 1. The molecule has 0 bridgehead atoms. The maximum absolute atomic E-state index is 12.7. The first kappa shape index (κ1) is 17.6. The summed E-state index contributed by atoms with van der Waals surface area (Å²) in [7, 11) is 0. The molecule has 1 aromatic heterocycles. The molecular weight excluding hydrogens is 358 g/mol. The molecule has 4 nitrogen and oxygen atoms in total. The SMILES string of the molecule is Cc1c(Cl)cccc1NC(=O)c1cc(N2CCc3ccccc3C2)ccn1. The van der Waals surface area contributed by atoms with Crippen LogP contribution in [0.5, 0.6) is 0 Å². The zero-order valence-corrected chi connectivity index (χ0v) is 15.8. The van der Waals surface area contributed by atoms with Gasteiger partial charge in [0.15, 0.2) is 0 Å². The summed E-state index contributed by atoms with van der Waals surface area (Å²) in [4.78, 5) is 19.2. The minimum atomic E-state index is -0.236. The van der Waals surface area contributed by atoms with Gasteiger partial charge in [0.1, 0.15) is 5.69 Å². The van der Waals surface area contributed by atoms with Crippen molar-refractivity contribution in [3.8, 4) is 0 Å². The van der Waals surface area contributed by atoms with Gasteiger partial charge in [-0.1, -0.05) is 41.9 Å². The highest BCUT2D eigenvalue weighted by molar-refractivity contribution is 6.31. The minimum absolute atomic E-state index is 0.236. The van der Waals surface area contributed by atoms with E-state index in [0.717, 1.165) is 30.8 Å². The number of nitrogens with one attached hydrogen (secondary N) is 1. The first-order chi connectivity index (χ1) is 13.1. The Bertz CT molecular complexity index is 1000. The fraction of sp³-hybridized carbons (Fsp3) is 0.182. The summed E-state index contributed by atoms with van der Waals surface area (Å²) in [5, 5.41) is 3.54. The summed E-state index contributed by atoms with van der Waals surface area (Å²) in [5.41, 5.74) is 5.68. The van der Waals surface area contributed by atoms with E-state index in [-0.39, 0.29) is 5.91 Å². The van der Waals surface area contributed by atoms with Gasteiger partial charge in [-0.25, -0.2) is 0 Å². The number of carbonyl (C=O) groups excluding carboxylic acids is 1. The van der Waals surface area contributed by atoms with E-state index in [1.54, 1.807) is 12.3 Å². The summed E-state index contributed by atoms with van der Waals surface area (Å²) in [6.07, 6.45) is 2.69. The van der Waals surface area contributed by atoms with Crippen LogP contribution >= 0.6 is 11.6 Å². The predicted molar refractivity (Wildman–Crippen MR) is 110 cm³/mol. The average molecular weight is 378 g/mol. The van der Waals surface area contributed by atoms with Gasteiger partial charge in [-0.05, 0) is 54.3 Å². The molecule has 0 saturated carbocycles. The van der Waals surface area contributed by atoms with E-state index in [0.29, 0.717) is 16.4 Å². The Morgan fingerprint density at radius 3 is 2.78 bits per heavy atom. The predicted octanol–water partition coefficient (Wildman–Crippen LogP) is 4.86. The van der Waals surface area contributed by atoms with Crippen LogP contribution in [-0.2, 0) is 13.0 Å². The van der Waals surface area contributed by atoms with Crippen molar-refractivity contribution in [2.45, 2.75) is 19.9 Å². The maximum Gasteiger partial charge on any atom is 0.274 e. The average Bonchev–Trinajstić information content (AvgIpc) is 2.71. The summed E-state index contributed by atoms with van der Waals surface area (Å²) in [6.45, 7) is 3.65. The van der Waals surface area contributed by atoms with Crippen LogP contribution in [0.2, 0.25) is 5.02 Å². The Morgan fingerprint density at radius 1 is 1.11 bits per heavy atom. The number of halogens is 1. The van der Waals surface area contributed by atoms with Gasteiger partial charge in [-0.2, -0.15) is 0 Å². The van der Waals surface area contributed by atoms with E-state index in [1.807, 2.05) is 31.2 Å². The number of hydrogen-bond donors (Lipinski definition) is 1. The number of hydrogen-bond acceptors (Lipinski definition) is 3. The fourth-order valence-electron chi connectivity index (χ4n) is 3.39. The highest BCUT2D eigenvalue weighted by Crippen LogP contribution is 2.26. The molecule has 0 spiro atoms. The summed E-state index contributed by atoms with van der Waals surface area (Å²) in [5.74, 6) is -0.236. The summed E-state index contributed by atoms with van der Waals surface area (Å²) < 4.78 is 0. The Balaban J connectivity index is 1.54. The Labute approximate surface area is 163 Å². The molecule has 0 radical (unpaired) electrons. The lowest BCUT2D eigenvalue weighted by Crippen LogP contribution is -2.30. The maximum atomic E-state index is 12.7. The molecule has 0 saturated heterocycles. The van der Waals surface area contributed by atoms with Gasteiger partial charge >= 0.3 is 0 Å². The lowest BCUT2D eigenvalue weighted by atomic mass is 9.99. The van der Waals surface area contributed by atoms with Gasteiger partial charge in [-0.15, -0.1) is 0 Å². The van der Waals surface area contributed by atoms with Crippen molar-refractivity contribution in [2.75, 3.05) is 16.8 Å². The second-order valence-corrected chi connectivity index (χ2v) is 7.11. The molecule has 0 fully saturated rings. The first-order valence-electron chi connectivity index (χ1n) is 8.96. The Hall–Kier alpha value is -2.85. The van der Waals surface area contributed by atoms with Crippen LogP contribution in [0, 0.1) is 6.92 Å². The van der Waals surface area contributed by atoms with Crippen LogP contribution in [0.15, 0.2) is 60.8 Å². The van der Waals surface area contributed by atoms with Crippen molar-refractivity contribution < 1.29 is 4.79 Å². The Morgan fingerprint density at radius 2 is 1.93 bits per heavy atom. The molecule has 27 heavy (non-hydrogen) atoms. The molecule has 4 rings (SSSR count). The Kier molecular flexibility index (Phi) is 4.82. The molecule has 3 aromatic rings. The number of benzene rings is 2. The molecule has 2 aromatic carbocycles. The molecule has 1 aliphatic heterocycles. The van der Waals surface area contributed by atoms with Gasteiger partial charge in [0, 0.05) is 35.7 Å². The van der Waals surface area contributed by atoms with Gasteiger partial charge in [0.05, 0.1) is 0 Å². The van der Waals surface area contributed by atoms with Crippen LogP contribution < -0.4 is 10.2 Å². The van der Waals surface area contributed by atoms with Gasteiger partial charge in [0.2, 0.25) is 0 Å². The standard InChI is InChI=1S/C22H20ClN3O/c1-15-19(23)7-4-8-20(15)25-22(27)21-13-18(9-11-24-21)26-12-10-16-5-2-3-6-17(16)14-26/h2-9,11,13H,10,12,14H2,1H3,(H,25,27). The van der Waals surface area contributed by atoms with Crippen molar-refractivity contribution in [2.24, 2.45) is 0 Å². The van der Waals surface area contributed by atoms with Gasteiger partial charge in [-0.3, -0.25) is 9.78 Å². The van der Waals surface area contributed by atoms with Gasteiger partial charge < -0.3 is 10.2 Å². The van der Waals surface area contributed by atoms with Crippen LogP contribution in [0.3, 0.4) is 0 Å². The molecule has 0 atom stereocenters. The van der Waals surface area contributed by atoms with Gasteiger partial charge in [0.25, 0.3) is 5.91 Å². The minimum Gasteiger partial charge on any atom is -0.367 e. The lowest BCUT2D eigenvalue weighted by molar-refractivity contribution is 0.102. The first-order valence-corrected chi connectivity index (χ1v) is 9.34. The van der Waals surface area contributed by atoms with E-state index >= 15 is 0 Å². The van der Waals surface area contributed by atoms with E-state index in [9.17, 15) is 4.79 Å². The van der Waals surface area contributed by atoms with Crippen LogP contribution in [0.25, 0.3) is 0 Å². The quantitative estimate of drug-likeness (QED) is 0.709. The number of nitrogens with zero attached hydrogens (tertiary/aromatic N) is 2. The second kappa shape index (κ2) is 7.41. The van der Waals surface area contributed by atoms with E-state index in [2.05, 4.69) is 39.5 Å². The smallest absolute Gasteiger partial charge is 0.274 e. The van der Waals surface area contributed by atoms with E-state index in [4.69, 9.17) is 11.6 Å². The summed E-state index contributed by atoms with van der Waals surface area (Å²) >= 11 is 6.14. The third-order valence-corrected chi connectivity index (χ3v) is 5.40. The van der Waals surface area contributed by atoms with Crippen molar-refractivity contribution >= 4 is 28.9 Å². The molecule has 1 aliphatic rings. The largest absolute Gasteiger partial charge is 0.367 e. The third-order valence-electron chi connectivity index (χ3n) is 4.99. The summed E-state index contributed by atoms with van der Waals surface area (Å²) in [6, 6.07) is 17.8. The molecule has 0 aliphatic carbocycles. The number of carbonyl (C=O) groups is 1. The number of fused-ring (bicyclic) bond motifs is 1. The fourth-order valence-corrected chi connectivity index (χ4v) is 3.56. The third kappa shape index (κ3) is 3.67. The molecule has 0 unspecified atom stereocenters. The normalized spacial score (nSPS) is 13.2. The zero-order chi connectivity index (χ0) is 18.8. The highest BCUT2D eigenvalue weighted by Gasteiger charge is 2.18. The molecule has 1 N–H and O–H groups in total. The van der Waals surface area contributed by atoms with Crippen LogP contribution in [0.4, 0.5) is 11.4 Å². The molecule has 5 heteroatoms. The number of anilines is 2.